The second kappa shape index (κ2) is 13.1. The molecule has 0 unspecified atom stereocenters. The highest BCUT2D eigenvalue weighted by atomic mass is 35.5. The maximum atomic E-state index is 13.3. The third-order valence-electron chi connectivity index (χ3n) is 4.80. The summed E-state index contributed by atoms with van der Waals surface area (Å²) in [5.41, 5.74) is 1.71. The lowest BCUT2D eigenvalue weighted by Gasteiger charge is -2.31. The van der Waals surface area contributed by atoms with Gasteiger partial charge in [-0.15, -0.1) is 0 Å². The van der Waals surface area contributed by atoms with Crippen LogP contribution >= 0.6 is 11.6 Å². The monoisotopic (exact) mass is 444 g/mol. The largest absolute Gasteiger partial charge is 0.379 e. The van der Waals surface area contributed by atoms with Gasteiger partial charge in [-0.25, -0.2) is 0 Å². The van der Waals surface area contributed by atoms with Crippen molar-refractivity contribution in [2.75, 3.05) is 13.2 Å². The number of carbonyl (C=O) groups is 2. The summed E-state index contributed by atoms with van der Waals surface area (Å²) in [6, 6.07) is 16.1. The van der Waals surface area contributed by atoms with Gasteiger partial charge in [0.2, 0.25) is 11.8 Å². The Labute approximate surface area is 190 Å². The van der Waals surface area contributed by atoms with Crippen molar-refractivity contribution in [3.8, 4) is 0 Å². The first kappa shape index (κ1) is 24.9. The predicted octanol–water partition coefficient (Wildman–Crippen LogP) is 5.14. The molecule has 0 heterocycles. The Bertz CT molecular complexity index is 809. The van der Waals surface area contributed by atoms with Gasteiger partial charge >= 0.3 is 0 Å². The fourth-order valence-electron chi connectivity index (χ4n) is 3.28. The number of hydrogen-bond donors (Lipinski definition) is 1. The van der Waals surface area contributed by atoms with Gasteiger partial charge in [0.15, 0.2) is 0 Å². The average Bonchev–Trinajstić information content (AvgIpc) is 2.75. The average molecular weight is 445 g/mol. The van der Waals surface area contributed by atoms with Gasteiger partial charge in [-0.3, -0.25) is 9.59 Å². The second-order valence-corrected chi connectivity index (χ2v) is 8.21. The molecule has 0 bridgehead atoms. The van der Waals surface area contributed by atoms with Gasteiger partial charge in [-0.2, -0.15) is 0 Å². The van der Waals surface area contributed by atoms with Gasteiger partial charge in [0, 0.05) is 31.1 Å². The molecule has 168 valence electrons. The van der Waals surface area contributed by atoms with Crippen molar-refractivity contribution in [3.05, 3.63) is 70.7 Å². The molecule has 2 aromatic rings. The topological polar surface area (TPSA) is 58.6 Å². The third kappa shape index (κ3) is 8.35. The number of amides is 2. The van der Waals surface area contributed by atoms with Gasteiger partial charge in [0.1, 0.15) is 6.04 Å². The summed E-state index contributed by atoms with van der Waals surface area (Å²) in [6.07, 6.45) is 1.97. The molecule has 2 rings (SSSR count). The van der Waals surface area contributed by atoms with Crippen molar-refractivity contribution in [3.63, 3.8) is 0 Å². The molecule has 0 saturated heterocycles. The molecule has 0 spiro atoms. The van der Waals surface area contributed by atoms with Crippen molar-refractivity contribution < 1.29 is 14.3 Å². The summed E-state index contributed by atoms with van der Waals surface area (Å²) < 4.78 is 5.55. The van der Waals surface area contributed by atoms with Crippen molar-refractivity contribution in [2.45, 2.75) is 58.7 Å². The van der Waals surface area contributed by atoms with Crippen LogP contribution in [0.4, 0.5) is 0 Å². The second-order valence-electron chi connectivity index (χ2n) is 7.78. The van der Waals surface area contributed by atoms with Crippen LogP contribution in [0.1, 0.15) is 57.2 Å². The molecule has 5 nitrogen and oxygen atoms in total. The normalized spacial score (nSPS) is 11.9. The van der Waals surface area contributed by atoms with E-state index in [4.69, 9.17) is 16.3 Å². The Morgan fingerprint density at radius 3 is 2.35 bits per heavy atom. The summed E-state index contributed by atoms with van der Waals surface area (Å²) >= 11 is 6.02. The Morgan fingerprint density at radius 1 is 1.06 bits per heavy atom. The molecular weight excluding hydrogens is 412 g/mol. The van der Waals surface area contributed by atoms with Crippen LogP contribution in [0.15, 0.2) is 54.6 Å². The first-order valence-corrected chi connectivity index (χ1v) is 11.3. The quantitative estimate of drug-likeness (QED) is 0.461. The lowest BCUT2D eigenvalue weighted by atomic mass is 10.0. The van der Waals surface area contributed by atoms with E-state index in [1.54, 1.807) is 17.0 Å². The Kier molecular flexibility index (Phi) is 10.5. The molecule has 1 atom stereocenters. The first-order chi connectivity index (χ1) is 14.9. The van der Waals surface area contributed by atoms with E-state index in [9.17, 15) is 9.59 Å². The maximum Gasteiger partial charge on any atom is 0.247 e. The number of ether oxygens (including phenoxy) is 1. The van der Waals surface area contributed by atoms with Gasteiger partial charge in [-0.1, -0.05) is 61.0 Å². The van der Waals surface area contributed by atoms with Gasteiger partial charge in [0.05, 0.1) is 6.10 Å². The fraction of sp³-hybridized carbons (Fsp3) is 0.440. The number of nitrogens with one attached hydrogen (secondary N) is 1. The summed E-state index contributed by atoms with van der Waals surface area (Å²) in [5.74, 6) is -0.237. The van der Waals surface area contributed by atoms with Crippen molar-refractivity contribution in [1.29, 1.82) is 0 Å². The van der Waals surface area contributed by atoms with Gasteiger partial charge in [-0.05, 0) is 49.9 Å². The minimum absolute atomic E-state index is 0.0513. The van der Waals surface area contributed by atoms with Crippen LogP contribution in [0.3, 0.4) is 0 Å². The smallest absolute Gasteiger partial charge is 0.247 e. The number of nitrogens with zero attached hydrogens (tertiary/aromatic N) is 1. The molecule has 2 amide bonds. The molecule has 0 aliphatic carbocycles. The van der Waals surface area contributed by atoms with Crippen LogP contribution in [-0.2, 0) is 20.9 Å². The molecule has 2 aromatic carbocycles. The molecule has 6 heteroatoms. The zero-order valence-corrected chi connectivity index (χ0v) is 19.4. The van der Waals surface area contributed by atoms with Crippen LogP contribution in [-0.4, -0.2) is 36.0 Å². The van der Waals surface area contributed by atoms with Gasteiger partial charge in [0.25, 0.3) is 0 Å². The summed E-state index contributed by atoms with van der Waals surface area (Å²) in [4.78, 5) is 28.0. The summed E-state index contributed by atoms with van der Waals surface area (Å²) in [7, 11) is 0. The number of hydrogen-bond acceptors (Lipinski definition) is 3. The lowest BCUT2D eigenvalue weighted by Crippen LogP contribution is -2.43. The van der Waals surface area contributed by atoms with Crippen LogP contribution in [0.2, 0.25) is 5.02 Å². The highest BCUT2D eigenvalue weighted by Crippen LogP contribution is 2.25. The van der Waals surface area contributed by atoms with E-state index in [1.165, 1.54) is 0 Å². The minimum Gasteiger partial charge on any atom is -0.379 e. The number of halogens is 1. The highest BCUT2D eigenvalue weighted by molar-refractivity contribution is 6.30. The summed E-state index contributed by atoms with van der Waals surface area (Å²) in [5, 5.41) is 3.63. The Morgan fingerprint density at radius 2 is 1.74 bits per heavy atom. The first-order valence-electron chi connectivity index (χ1n) is 10.9. The molecule has 0 saturated carbocycles. The Hall–Kier alpha value is -2.37. The standard InChI is InChI=1S/C25H33ClN2O3/c1-4-9-23(29)28(18-20-12-14-22(26)15-13-20)24(21-10-6-5-7-11-21)25(30)27-16-8-17-31-19(2)3/h5-7,10-15,19,24H,4,8-9,16-18H2,1-3H3,(H,27,30)/t24-/m1/s1. The van der Waals surface area contributed by atoms with E-state index >= 15 is 0 Å². The Balaban J connectivity index is 2.24. The lowest BCUT2D eigenvalue weighted by molar-refractivity contribution is -0.141. The molecule has 0 aliphatic rings. The van der Waals surface area contributed by atoms with E-state index < -0.39 is 6.04 Å². The maximum absolute atomic E-state index is 13.3. The van der Waals surface area contributed by atoms with E-state index in [0.717, 1.165) is 11.1 Å². The molecule has 0 aromatic heterocycles. The molecule has 0 radical (unpaired) electrons. The van der Waals surface area contributed by atoms with Crippen LogP contribution in [0.5, 0.6) is 0 Å². The van der Waals surface area contributed by atoms with Crippen LogP contribution in [0, 0.1) is 0 Å². The molecular formula is C25H33ClN2O3. The number of benzene rings is 2. The number of carbonyl (C=O) groups excluding carboxylic acids is 2. The minimum atomic E-state index is -0.707. The zero-order valence-electron chi connectivity index (χ0n) is 18.6. The molecule has 0 fully saturated rings. The zero-order chi connectivity index (χ0) is 22.6. The van der Waals surface area contributed by atoms with E-state index in [-0.39, 0.29) is 17.9 Å². The predicted molar refractivity (Wildman–Crippen MR) is 125 cm³/mol. The fourth-order valence-corrected chi connectivity index (χ4v) is 3.40. The number of rotatable bonds is 12. The van der Waals surface area contributed by atoms with E-state index in [2.05, 4.69) is 5.32 Å². The van der Waals surface area contributed by atoms with Crippen molar-refractivity contribution >= 4 is 23.4 Å². The van der Waals surface area contributed by atoms with Crippen molar-refractivity contribution in [2.24, 2.45) is 0 Å². The van der Waals surface area contributed by atoms with Gasteiger partial charge < -0.3 is 15.0 Å². The van der Waals surface area contributed by atoms with Crippen molar-refractivity contribution in [1.82, 2.24) is 10.2 Å². The third-order valence-corrected chi connectivity index (χ3v) is 5.05. The van der Waals surface area contributed by atoms with E-state index in [1.807, 2.05) is 63.2 Å². The summed E-state index contributed by atoms with van der Waals surface area (Å²) in [6.45, 7) is 7.34. The van der Waals surface area contributed by atoms with Crippen LogP contribution in [0.25, 0.3) is 0 Å². The highest BCUT2D eigenvalue weighted by Gasteiger charge is 2.30. The molecule has 0 aliphatic heterocycles. The van der Waals surface area contributed by atoms with E-state index in [0.29, 0.717) is 44.0 Å². The molecule has 31 heavy (non-hydrogen) atoms. The SMILES string of the molecule is CCCC(=O)N(Cc1ccc(Cl)cc1)[C@@H](C(=O)NCCCOC(C)C)c1ccccc1. The van der Waals surface area contributed by atoms with Crippen LogP contribution < -0.4 is 5.32 Å². The molecule has 1 N–H and O–H groups in total.